The van der Waals surface area contributed by atoms with Gasteiger partial charge in [-0.05, 0) is 88.6 Å². The van der Waals surface area contributed by atoms with E-state index in [1.807, 2.05) is 67.8 Å². The summed E-state index contributed by atoms with van der Waals surface area (Å²) < 4.78 is 15.3. The SMILES string of the molecule is CC(C)N(C(=O)c1ccc(N(c2cc(C(=O)O)ccc2F)C2CCN(Cc3ccccc3)CC2)cc1)C(C)C. The van der Waals surface area contributed by atoms with Crippen LogP contribution < -0.4 is 4.90 Å². The first-order chi connectivity index (χ1) is 18.7. The van der Waals surface area contributed by atoms with Crippen LogP contribution >= 0.6 is 0 Å². The number of carbonyl (C=O) groups excluding carboxylic acids is 1. The number of likely N-dealkylation sites (tertiary alicyclic amines) is 1. The Morgan fingerprint density at radius 2 is 1.49 bits per heavy atom. The van der Waals surface area contributed by atoms with E-state index >= 15 is 4.39 Å². The van der Waals surface area contributed by atoms with Gasteiger partial charge in [-0.3, -0.25) is 9.69 Å². The Morgan fingerprint density at radius 3 is 2.05 bits per heavy atom. The first-order valence-corrected chi connectivity index (χ1v) is 13.7. The summed E-state index contributed by atoms with van der Waals surface area (Å²) in [6.07, 6.45) is 1.58. The van der Waals surface area contributed by atoms with Gasteiger partial charge in [0.2, 0.25) is 0 Å². The van der Waals surface area contributed by atoms with E-state index in [1.54, 1.807) is 12.1 Å². The Hall–Kier alpha value is -3.71. The molecule has 0 saturated carbocycles. The lowest BCUT2D eigenvalue weighted by molar-refractivity contribution is 0.0642. The molecule has 1 heterocycles. The van der Waals surface area contributed by atoms with E-state index in [0.29, 0.717) is 5.56 Å². The molecule has 1 saturated heterocycles. The monoisotopic (exact) mass is 531 g/mol. The van der Waals surface area contributed by atoms with Crippen molar-refractivity contribution >= 4 is 23.3 Å². The van der Waals surface area contributed by atoms with Crippen molar-refractivity contribution < 1.29 is 19.1 Å². The van der Waals surface area contributed by atoms with Crippen molar-refractivity contribution in [3.8, 4) is 0 Å². The molecule has 4 rings (SSSR count). The average Bonchev–Trinajstić information content (AvgIpc) is 2.91. The minimum atomic E-state index is -1.10. The van der Waals surface area contributed by atoms with Crippen LogP contribution in [-0.4, -0.2) is 58.0 Å². The number of benzene rings is 3. The van der Waals surface area contributed by atoms with Crippen LogP contribution in [0.5, 0.6) is 0 Å². The molecule has 1 N–H and O–H groups in total. The smallest absolute Gasteiger partial charge is 0.335 e. The van der Waals surface area contributed by atoms with Crippen LogP contribution in [0, 0.1) is 5.82 Å². The maximum absolute atomic E-state index is 15.3. The number of halogens is 1. The lowest BCUT2D eigenvalue weighted by Gasteiger charge is -2.40. The molecule has 1 aliphatic heterocycles. The summed E-state index contributed by atoms with van der Waals surface area (Å²) in [6, 6.07) is 21.6. The maximum atomic E-state index is 15.3. The van der Waals surface area contributed by atoms with Crippen molar-refractivity contribution in [2.24, 2.45) is 0 Å². The second-order valence-corrected chi connectivity index (χ2v) is 10.8. The maximum Gasteiger partial charge on any atom is 0.335 e. The van der Waals surface area contributed by atoms with Crippen molar-refractivity contribution in [2.45, 2.75) is 65.2 Å². The zero-order valence-corrected chi connectivity index (χ0v) is 23.2. The van der Waals surface area contributed by atoms with Gasteiger partial charge in [0.25, 0.3) is 5.91 Å². The van der Waals surface area contributed by atoms with Crippen molar-refractivity contribution in [2.75, 3.05) is 18.0 Å². The van der Waals surface area contributed by atoms with E-state index in [0.717, 1.165) is 38.2 Å². The number of carboxylic acids is 1. The fourth-order valence-corrected chi connectivity index (χ4v) is 5.53. The highest BCUT2D eigenvalue weighted by molar-refractivity contribution is 5.95. The second-order valence-electron chi connectivity index (χ2n) is 10.8. The molecule has 1 amide bonds. The molecular formula is C32H38FN3O3. The Kier molecular flexibility index (Phi) is 9.02. The number of nitrogens with zero attached hydrogens (tertiary/aromatic N) is 3. The van der Waals surface area contributed by atoms with Gasteiger partial charge in [-0.1, -0.05) is 30.3 Å². The van der Waals surface area contributed by atoms with Crippen LogP contribution in [0.2, 0.25) is 0 Å². The topological polar surface area (TPSA) is 64.1 Å². The van der Waals surface area contributed by atoms with Crippen LogP contribution in [0.25, 0.3) is 0 Å². The van der Waals surface area contributed by atoms with Crippen molar-refractivity contribution in [1.82, 2.24) is 9.80 Å². The Labute approximate surface area is 230 Å². The van der Waals surface area contributed by atoms with Crippen LogP contribution in [0.1, 0.15) is 66.8 Å². The van der Waals surface area contributed by atoms with Crippen LogP contribution in [0.15, 0.2) is 72.8 Å². The molecule has 3 aromatic rings. The van der Waals surface area contributed by atoms with E-state index in [2.05, 4.69) is 17.0 Å². The molecule has 7 heteroatoms. The third kappa shape index (κ3) is 6.66. The molecule has 0 radical (unpaired) electrons. The van der Waals surface area contributed by atoms with E-state index in [1.165, 1.54) is 23.8 Å². The first kappa shape index (κ1) is 28.3. The predicted octanol–water partition coefficient (Wildman–Crippen LogP) is 6.59. The minimum absolute atomic E-state index is 0.0278. The molecule has 0 aromatic heterocycles. The number of carboxylic acid groups (broad SMARTS) is 1. The summed E-state index contributed by atoms with van der Waals surface area (Å²) >= 11 is 0. The van der Waals surface area contributed by atoms with Gasteiger partial charge in [-0.25, -0.2) is 9.18 Å². The lowest BCUT2D eigenvalue weighted by Crippen LogP contribution is -2.43. The fraction of sp³-hybridized carbons (Fsp3) is 0.375. The number of hydrogen-bond acceptors (Lipinski definition) is 4. The Morgan fingerprint density at radius 1 is 0.897 bits per heavy atom. The fourth-order valence-electron chi connectivity index (χ4n) is 5.53. The highest BCUT2D eigenvalue weighted by atomic mass is 19.1. The van der Waals surface area contributed by atoms with E-state index in [4.69, 9.17) is 0 Å². The largest absolute Gasteiger partial charge is 0.478 e. The molecule has 1 aliphatic rings. The number of aromatic carboxylic acids is 1. The van der Waals surface area contributed by atoms with Gasteiger partial charge in [-0.15, -0.1) is 0 Å². The molecule has 0 aliphatic carbocycles. The standard InChI is InChI=1S/C32H38FN3O3/c1-22(2)35(23(3)4)31(37)25-10-13-27(14-11-25)36(30-20-26(32(38)39)12-15-29(30)33)28-16-18-34(19-17-28)21-24-8-6-5-7-9-24/h5-15,20,22-23,28H,16-19,21H2,1-4H3,(H,38,39). The summed E-state index contributed by atoms with van der Waals surface area (Å²) in [5.74, 6) is -1.62. The highest BCUT2D eigenvalue weighted by Crippen LogP contribution is 2.35. The highest BCUT2D eigenvalue weighted by Gasteiger charge is 2.29. The molecule has 0 unspecified atom stereocenters. The zero-order valence-electron chi connectivity index (χ0n) is 23.2. The van der Waals surface area contributed by atoms with Crippen LogP contribution in [0.3, 0.4) is 0 Å². The van der Waals surface area contributed by atoms with Crippen molar-refractivity contribution in [3.63, 3.8) is 0 Å². The van der Waals surface area contributed by atoms with Crippen LogP contribution in [-0.2, 0) is 6.54 Å². The third-order valence-corrected chi connectivity index (χ3v) is 7.36. The summed E-state index contributed by atoms with van der Waals surface area (Å²) in [6.45, 7) is 10.5. The molecule has 0 bridgehead atoms. The number of hydrogen-bond donors (Lipinski definition) is 1. The Bertz CT molecular complexity index is 1260. The van der Waals surface area contributed by atoms with Gasteiger partial charge >= 0.3 is 5.97 Å². The van der Waals surface area contributed by atoms with Crippen molar-refractivity contribution in [1.29, 1.82) is 0 Å². The summed E-state index contributed by atoms with van der Waals surface area (Å²) in [7, 11) is 0. The quantitative estimate of drug-likeness (QED) is 0.338. The Balaban J connectivity index is 1.63. The van der Waals surface area contributed by atoms with Crippen LogP contribution in [0.4, 0.5) is 15.8 Å². The lowest BCUT2D eigenvalue weighted by atomic mass is 9.99. The second kappa shape index (κ2) is 12.4. The van der Waals surface area contributed by atoms with Gasteiger partial charge in [0.1, 0.15) is 5.82 Å². The number of amides is 1. The van der Waals surface area contributed by atoms with Gasteiger partial charge in [0.05, 0.1) is 11.3 Å². The average molecular weight is 532 g/mol. The van der Waals surface area contributed by atoms with Crippen molar-refractivity contribution in [3.05, 3.63) is 95.3 Å². The number of anilines is 2. The number of rotatable bonds is 9. The van der Waals surface area contributed by atoms with E-state index < -0.39 is 11.8 Å². The minimum Gasteiger partial charge on any atom is -0.478 e. The molecule has 0 spiro atoms. The molecular weight excluding hydrogens is 493 g/mol. The summed E-state index contributed by atoms with van der Waals surface area (Å²) in [5, 5.41) is 9.59. The third-order valence-electron chi connectivity index (χ3n) is 7.36. The van der Waals surface area contributed by atoms with E-state index in [-0.39, 0.29) is 35.3 Å². The normalized spacial score (nSPS) is 14.5. The molecule has 3 aromatic carbocycles. The summed E-state index contributed by atoms with van der Waals surface area (Å²) in [5.41, 5.74) is 2.83. The summed E-state index contributed by atoms with van der Waals surface area (Å²) in [4.78, 5) is 31.1. The van der Waals surface area contributed by atoms with Gasteiger partial charge in [-0.2, -0.15) is 0 Å². The zero-order chi connectivity index (χ0) is 28.1. The van der Waals surface area contributed by atoms with Gasteiger partial charge < -0.3 is 14.9 Å². The molecule has 0 atom stereocenters. The molecule has 206 valence electrons. The van der Waals surface area contributed by atoms with E-state index in [9.17, 15) is 14.7 Å². The molecule has 39 heavy (non-hydrogen) atoms. The number of piperidine rings is 1. The van der Waals surface area contributed by atoms with Gasteiger partial charge in [0, 0.05) is 49.0 Å². The molecule has 1 fully saturated rings. The predicted molar refractivity (Wildman–Crippen MR) is 153 cm³/mol. The number of carbonyl (C=O) groups is 2. The molecule has 6 nitrogen and oxygen atoms in total. The first-order valence-electron chi connectivity index (χ1n) is 13.7. The van der Waals surface area contributed by atoms with Gasteiger partial charge in [0.15, 0.2) is 0 Å².